The van der Waals surface area contributed by atoms with Gasteiger partial charge in [0.15, 0.2) is 5.89 Å². The predicted molar refractivity (Wildman–Crippen MR) is 129 cm³/mol. The van der Waals surface area contributed by atoms with Crippen LogP contribution in [0.4, 0.5) is 10.1 Å². The second-order valence-electron chi connectivity index (χ2n) is 8.09. The SMILES string of the molecule is CCC(CC)c1ncc(C(=O)Nc2cccc(-c3cc(C(=O)NCc4ccc(F)cc4)[nH]n3)c2)o1. The van der Waals surface area contributed by atoms with E-state index < -0.39 is 5.91 Å². The van der Waals surface area contributed by atoms with Crippen molar-refractivity contribution in [2.45, 2.75) is 39.2 Å². The molecule has 180 valence electrons. The van der Waals surface area contributed by atoms with Gasteiger partial charge in [-0.1, -0.05) is 38.1 Å². The third-order valence-electron chi connectivity index (χ3n) is 5.69. The van der Waals surface area contributed by atoms with E-state index in [1.165, 1.54) is 18.3 Å². The predicted octanol–water partition coefficient (Wildman–Crippen LogP) is 5.29. The summed E-state index contributed by atoms with van der Waals surface area (Å²) in [7, 11) is 0. The highest BCUT2D eigenvalue weighted by Crippen LogP contribution is 2.24. The van der Waals surface area contributed by atoms with Crippen molar-refractivity contribution in [2.75, 3.05) is 5.32 Å². The molecular formula is C26H26FN5O3. The van der Waals surface area contributed by atoms with E-state index in [1.54, 1.807) is 36.4 Å². The molecule has 0 fully saturated rings. The van der Waals surface area contributed by atoms with Crippen LogP contribution in [-0.4, -0.2) is 27.0 Å². The Kier molecular flexibility index (Phi) is 7.35. The summed E-state index contributed by atoms with van der Waals surface area (Å²) in [4.78, 5) is 29.3. The number of oxazole rings is 1. The maximum absolute atomic E-state index is 13.0. The Morgan fingerprint density at radius 3 is 2.57 bits per heavy atom. The number of anilines is 1. The molecule has 0 spiro atoms. The number of carbonyl (C=O) groups is 2. The summed E-state index contributed by atoms with van der Waals surface area (Å²) in [6, 6.07) is 14.6. The van der Waals surface area contributed by atoms with Crippen molar-refractivity contribution < 1.29 is 18.4 Å². The fourth-order valence-electron chi connectivity index (χ4n) is 3.63. The van der Waals surface area contributed by atoms with Gasteiger partial charge in [0.25, 0.3) is 11.8 Å². The first-order valence-electron chi connectivity index (χ1n) is 11.4. The van der Waals surface area contributed by atoms with Crippen LogP contribution < -0.4 is 10.6 Å². The number of nitrogens with one attached hydrogen (secondary N) is 3. The number of benzene rings is 2. The number of nitrogens with zero attached hydrogens (tertiary/aromatic N) is 2. The van der Waals surface area contributed by atoms with Crippen molar-refractivity contribution >= 4 is 17.5 Å². The number of carbonyl (C=O) groups excluding carboxylic acids is 2. The standard InChI is InChI=1S/C26H26FN5O3/c1-3-17(4-2)26-29-15-23(35-26)25(34)30-20-7-5-6-18(12-20)21-13-22(32-31-21)24(33)28-14-16-8-10-19(27)11-9-16/h5-13,15,17H,3-4,14H2,1-2H3,(H,28,33)(H,30,34)(H,31,32). The molecule has 0 saturated heterocycles. The van der Waals surface area contributed by atoms with Crippen LogP contribution in [-0.2, 0) is 6.54 Å². The highest BCUT2D eigenvalue weighted by atomic mass is 19.1. The monoisotopic (exact) mass is 475 g/mol. The molecule has 4 aromatic rings. The fraction of sp³-hybridized carbons (Fsp3) is 0.231. The van der Waals surface area contributed by atoms with E-state index in [9.17, 15) is 14.0 Å². The van der Waals surface area contributed by atoms with Gasteiger partial charge >= 0.3 is 0 Å². The molecule has 2 aromatic heterocycles. The van der Waals surface area contributed by atoms with E-state index in [0.29, 0.717) is 22.8 Å². The zero-order valence-corrected chi connectivity index (χ0v) is 19.5. The number of H-pyrrole nitrogens is 1. The van der Waals surface area contributed by atoms with Gasteiger partial charge in [0.05, 0.1) is 11.9 Å². The lowest BCUT2D eigenvalue weighted by Gasteiger charge is -2.07. The van der Waals surface area contributed by atoms with Gasteiger partial charge in [0.2, 0.25) is 5.76 Å². The molecule has 4 rings (SSSR count). The summed E-state index contributed by atoms with van der Waals surface area (Å²) in [5, 5.41) is 12.5. The third-order valence-corrected chi connectivity index (χ3v) is 5.69. The number of hydrogen-bond donors (Lipinski definition) is 3. The molecule has 0 saturated carbocycles. The first kappa shape index (κ1) is 23.9. The molecular weight excluding hydrogens is 449 g/mol. The van der Waals surface area contributed by atoms with Crippen LogP contribution in [0.5, 0.6) is 0 Å². The van der Waals surface area contributed by atoms with Crippen molar-refractivity contribution in [3.05, 3.63) is 89.5 Å². The molecule has 2 aromatic carbocycles. The lowest BCUT2D eigenvalue weighted by atomic mass is 10.0. The molecule has 0 radical (unpaired) electrons. The molecule has 3 N–H and O–H groups in total. The first-order valence-corrected chi connectivity index (χ1v) is 11.4. The Morgan fingerprint density at radius 2 is 1.83 bits per heavy atom. The summed E-state index contributed by atoms with van der Waals surface area (Å²) in [5.41, 5.74) is 2.88. The molecule has 0 atom stereocenters. The van der Waals surface area contributed by atoms with Gasteiger partial charge in [-0.05, 0) is 48.7 Å². The van der Waals surface area contributed by atoms with E-state index in [1.807, 2.05) is 6.07 Å². The zero-order valence-electron chi connectivity index (χ0n) is 19.5. The van der Waals surface area contributed by atoms with E-state index in [0.717, 1.165) is 18.4 Å². The first-order chi connectivity index (χ1) is 17.0. The number of halogens is 1. The molecule has 0 aliphatic heterocycles. The lowest BCUT2D eigenvalue weighted by Crippen LogP contribution is -2.23. The molecule has 2 amide bonds. The average molecular weight is 476 g/mol. The Morgan fingerprint density at radius 1 is 1.06 bits per heavy atom. The van der Waals surface area contributed by atoms with E-state index in [2.05, 4.69) is 39.7 Å². The normalized spacial score (nSPS) is 11.0. The Bertz CT molecular complexity index is 1310. The maximum atomic E-state index is 13.0. The van der Waals surface area contributed by atoms with Crippen LogP contribution in [0, 0.1) is 5.82 Å². The van der Waals surface area contributed by atoms with Crippen molar-refractivity contribution in [1.82, 2.24) is 20.5 Å². The van der Waals surface area contributed by atoms with Gasteiger partial charge < -0.3 is 15.1 Å². The minimum absolute atomic E-state index is 0.150. The van der Waals surface area contributed by atoms with Crippen LogP contribution in [0.25, 0.3) is 11.3 Å². The zero-order chi connectivity index (χ0) is 24.8. The number of rotatable bonds is 9. The molecule has 9 heteroatoms. The Hall–Kier alpha value is -4.27. The van der Waals surface area contributed by atoms with Crippen molar-refractivity contribution in [3.8, 4) is 11.3 Å². The van der Waals surface area contributed by atoms with Gasteiger partial charge in [-0.25, -0.2) is 9.37 Å². The molecule has 35 heavy (non-hydrogen) atoms. The number of aromatic amines is 1. The minimum atomic E-state index is -0.394. The van der Waals surface area contributed by atoms with E-state index >= 15 is 0 Å². The lowest BCUT2D eigenvalue weighted by molar-refractivity contribution is 0.0944. The topological polar surface area (TPSA) is 113 Å². The van der Waals surface area contributed by atoms with E-state index in [4.69, 9.17) is 4.42 Å². The summed E-state index contributed by atoms with van der Waals surface area (Å²) in [5.74, 6) is -0.163. The smallest absolute Gasteiger partial charge is 0.293 e. The van der Waals surface area contributed by atoms with Crippen molar-refractivity contribution in [1.29, 1.82) is 0 Å². The second kappa shape index (κ2) is 10.8. The average Bonchev–Trinajstić information content (AvgIpc) is 3.55. The molecule has 8 nitrogen and oxygen atoms in total. The van der Waals surface area contributed by atoms with Crippen molar-refractivity contribution in [2.24, 2.45) is 0 Å². The van der Waals surface area contributed by atoms with Crippen LogP contribution >= 0.6 is 0 Å². The van der Waals surface area contributed by atoms with E-state index in [-0.39, 0.29) is 35.6 Å². The molecule has 2 heterocycles. The highest BCUT2D eigenvalue weighted by Gasteiger charge is 2.18. The highest BCUT2D eigenvalue weighted by molar-refractivity contribution is 6.02. The van der Waals surface area contributed by atoms with Crippen molar-refractivity contribution in [3.63, 3.8) is 0 Å². The largest absolute Gasteiger partial charge is 0.435 e. The third kappa shape index (κ3) is 5.81. The van der Waals surface area contributed by atoms with Crippen LogP contribution in [0.2, 0.25) is 0 Å². The summed E-state index contributed by atoms with van der Waals surface area (Å²) >= 11 is 0. The summed E-state index contributed by atoms with van der Waals surface area (Å²) < 4.78 is 18.7. The minimum Gasteiger partial charge on any atom is -0.435 e. The van der Waals surface area contributed by atoms with Gasteiger partial charge in [0, 0.05) is 23.7 Å². The Balaban J connectivity index is 1.40. The number of amides is 2. The quantitative estimate of drug-likeness (QED) is 0.304. The van der Waals surface area contributed by atoms with Crippen LogP contribution in [0.1, 0.15) is 65.1 Å². The molecule has 0 aliphatic rings. The molecule has 0 unspecified atom stereocenters. The molecule has 0 aliphatic carbocycles. The molecule has 0 bridgehead atoms. The van der Waals surface area contributed by atoms with Gasteiger partial charge in [0.1, 0.15) is 11.5 Å². The van der Waals surface area contributed by atoms with Crippen LogP contribution in [0.15, 0.2) is 65.2 Å². The Labute approximate surface area is 202 Å². The van der Waals surface area contributed by atoms with Gasteiger partial charge in [-0.2, -0.15) is 5.10 Å². The van der Waals surface area contributed by atoms with Crippen LogP contribution in [0.3, 0.4) is 0 Å². The summed E-state index contributed by atoms with van der Waals surface area (Å²) in [6.07, 6.45) is 3.21. The second-order valence-corrected chi connectivity index (χ2v) is 8.09. The fourth-order valence-corrected chi connectivity index (χ4v) is 3.63. The summed E-state index contributed by atoms with van der Waals surface area (Å²) in [6.45, 7) is 4.37. The van der Waals surface area contributed by atoms with Gasteiger partial charge in [-0.3, -0.25) is 14.7 Å². The van der Waals surface area contributed by atoms with Gasteiger partial charge in [-0.15, -0.1) is 0 Å². The number of hydrogen-bond acceptors (Lipinski definition) is 5. The number of aromatic nitrogens is 3. The maximum Gasteiger partial charge on any atom is 0.293 e.